The Morgan fingerprint density at radius 3 is 2.31 bits per heavy atom. The molecule has 32 heavy (non-hydrogen) atoms. The maximum absolute atomic E-state index is 13.0. The smallest absolute Gasteiger partial charge is 0.312 e. The van der Waals surface area contributed by atoms with Gasteiger partial charge in [0.25, 0.3) is 0 Å². The lowest BCUT2D eigenvalue weighted by Crippen LogP contribution is -2.22. The van der Waals surface area contributed by atoms with E-state index in [1.807, 2.05) is 30.3 Å². The number of ether oxygens (including phenoxy) is 1. The normalized spacial score (nSPS) is 15.4. The minimum Gasteiger partial charge on any atom is -0.507 e. The zero-order valence-electron chi connectivity index (χ0n) is 16.4. The molecule has 8 heteroatoms. The first kappa shape index (κ1) is 19.5. The Kier molecular flexibility index (Phi) is 4.30. The van der Waals surface area contributed by atoms with Crippen LogP contribution in [0.15, 0.2) is 63.8 Å². The van der Waals surface area contributed by atoms with Crippen molar-refractivity contribution in [3.63, 3.8) is 0 Å². The third-order valence-corrected chi connectivity index (χ3v) is 5.51. The van der Waals surface area contributed by atoms with Gasteiger partial charge in [0.15, 0.2) is 17.3 Å². The van der Waals surface area contributed by atoms with Crippen LogP contribution >= 0.6 is 0 Å². The number of fused-ring (bicyclic) bond motifs is 3. The van der Waals surface area contributed by atoms with Gasteiger partial charge in [-0.1, -0.05) is 30.3 Å². The molecule has 0 bridgehead atoms. The van der Waals surface area contributed by atoms with E-state index in [0.717, 1.165) is 17.7 Å². The number of rotatable bonds is 2. The van der Waals surface area contributed by atoms with Crippen LogP contribution in [-0.2, 0) is 4.79 Å². The number of hydrogen-bond donors (Lipinski definition) is 4. The van der Waals surface area contributed by atoms with Crippen LogP contribution in [-0.4, -0.2) is 26.4 Å². The fourth-order valence-electron chi connectivity index (χ4n) is 4.01. The number of hydrogen-bond acceptors (Lipinski definition) is 8. The van der Waals surface area contributed by atoms with Gasteiger partial charge >= 0.3 is 5.97 Å². The van der Waals surface area contributed by atoms with E-state index in [-0.39, 0.29) is 40.2 Å². The summed E-state index contributed by atoms with van der Waals surface area (Å²) >= 11 is 0. The largest absolute Gasteiger partial charge is 0.507 e. The Hall–Kier alpha value is -4.46. The standard InChI is InChI=1S/C24H16O8/c25-14-7-6-12(8-15(14)26)23-22(30)21(29)20-16(27)10-17-19(24(20)32-23)13(9-18(28)31-17)11-4-2-1-3-5-11/h1-8,10,13,25-27,30H,9H2/t13-/m1/s1. The van der Waals surface area contributed by atoms with Crippen LogP contribution in [0.4, 0.5) is 0 Å². The third-order valence-electron chi connectivity index (χ3n) is 5.51. The number of phenols is 3. The fraction of sp³-hybridized carbons (Fsp3) is 0.0833. The predicted molar refractivity (Wildman–Crippen MR) is 113 cm³/mol. The highest BCUT2D eigenvalue weighted by atomic mass is 16.5. The Bertz CT molecular complexity index is 1450. The van der Waals surface area contributed by atoms with Gasteiger partial charge < -0.3 is 29.6 Å². The average molecular weight is 432 g/mol. The molecular formula is C24H16O8. The highest BCUT2D eigenvalue weighted by molar-refractivity contribution is 5.94. The van der Waals surface area contributed by atoms with Crippen molar-refractivity contribution in [2.45, 2.75) is 12.3 Å². The Morgan fingerprint density at radius 2 is 1.59 bits per heavy atom. The maximum Gasteiger partial charge on any atom is 0.312 e. The van der Waals surface area contributed by atoms with E-state index in [4.69, 9.17) is 9.15 Å². The summed E-state index contributed by atoms with van der Waals surface area (Å²) in [4.78, 5) is 25.2. The monoisotopic (exact) mass is 432 g/mol. The third kappa shape index (κ3) is 2.92. The first-order valence-electron chi connectivity index (χ1n) is 9.68. The molecule has 5 rings (SSSR count). The fourth-order valence-corrected chi connectivity index (χ4v) is 4.01. The SMILES string of the molecule is O=C1C[C@H](c2ccccc2)c2c(cc(O)c3c(=O)c(O)c(-c4ccc(O)c(O)c4)oc23)O1. The molecule has 1 aromatic heterocycles. The van der Waals surface area contributed by atoms with E-state index < -0.39 is 34.6 Å². The lowest BCUT2D eigenvalue weighted by Gasteiger charge is -2.26. The molecule has 0 saturated heterocycles. The van der Waals surface area contributed by atoms with Gasteiger partial charge in [-0.15, -0.1) is 0 Å². The van der Waals surface area contributed by atoms with Crippen LogP contribution in [0.25, 0.3) is 22.3 Å². The van der Waals surface area contributed by atoms with E-state index in [0.29, 0.717) is 5.56 Å². The molecule has 0 radical (unpaired) electrons. The topological polar surface area (TPSA) is 137 Å². The minimum atomic E-state index is -0.891. The van der Waals surface area contributed by atoms with Gasteiger partial charge in [-0.05, 0) is 23.8 Å². The van der Waals surface area contributed by atoms with Gasteiger partial charge in [0.2, 0.25) is 11.2 Å². The van der Waals surface area contributed by atoms with Gasteiger partial charge in [0, 0.05) is 23.1 Å². The van der Waals surface area contributed by atoms with Crippen molar-refractivity contribution in [3.8, 4) is 40.1 Å². The molecule has 4 aromatic rings. The van der Waals surface area contributed by atoms with E-state index in [1.54, 1.807) is 0 Å². The molecule has 0 aliphatic carbocycles. The zero-order valence-corrected chi connectivity index (χ0v) is 16.4. The zero-order chi connectivity index (χ0) is 22.6. The lowest BCUT2D eigenvalue weighted by atomic mass is 9.85. The van der Waals surface area contributed by atoms with Crippen molar-refractivity contribution in [1.29, 1.82) is 0 Å². The molecule has 8 nitrogen and oxygen atoms in total. The molecule has 160 valence electrons. The van der Waals surface area contributed by atoms with Crippen molar-refractivity contribution in [2.75, 3.05) is 0 Å². The van der Waals surface area contributed by atoms with E-state index in [2.05, 4.69) is 0 Å². The molecule has 0 fully saturated rings. The molecule has 1 atom stereocenters. The Labute approximate surface area is 180 Å². The molecule has 0 spiro atoms. The molecule has 2 heterocycles. The first-order valence-corrected chi connectivity index (χ1v) is 9.68. The van der Waals surface area contributed by atoms with E-state index >= 15 is 0 Å². The van der Waals surface area contributed by atoms with Gasteiger partial charge in [-0.3, -0.25) is 9.59 Å². The quantitative estimate of drug-likeness (QED) is 0.214. The second-order valence-electron chi connectivity index (χ2n) is 7.47. The molecule has 0 saturated carbocycles. The van der Waals surface area contributed by atoms with E-state index in [9.17, 15) is 30.0 Å². The summed E-state index contributed by atoms with van der Waals surface area (Å²) in [6.45, 7) is 0. The van der Waals surface area contributed by atoms with Crippen LogP contribution in [0.1, 0.15) is 23.5 Å². The van der Waals surface area contributed by atoms with Crippen LogP contribution in [0.5, 0.6) is 28.7 Å². The highest BCUT2D eigenvalue weighted by Crippen LogP contribution is 2.47. The van der Waals surface area contributed by atoms with Crippen molar-refractivity contribution < 1.29 is 34.4 Å². The Balaban J connectivity index is 1.87. The molecular weight excluding hydrogens is 416 g/mol. The van der Waals surface area contributed by atoms with Gasteiger partial charge in [-0.2, -0.15) is 0 Å². The number of esters is 1. The molecule has 0 unspecified atom stereocenters. The van der Waals surface area contributed by atoms with Crippen LogP contribution in [0, 0.1) is 0 Å². The summed E-state index contributed by atoms with van der Waals surface area (Å²) < 4.78 is 11.3. The van der Waals surface area contributed by atoms with Gasteiger partial charge in [-0.25, -0.2) is 0 Å². The lowest BCUT2D eigenvalue weighted by molar-refractivity contribution is -0.135. The number of carbonyl (C=O) groups is 1. The number of benzene rings is 3. The van der Waals surface area contributed by atoms with E-state index in [1.165, 1.54) is 12.1 Å². The van der Waals surface area contributed by atoms with Crippen molar-refractivity contribution >= 4 is 16.9 Å². The van der Waals surface area contributed by atoms with Crippen LogP contribution in [0.3, 0.4) is 0 Å². The summed E-state index contributed by atoms with van der Waals surface area (Å²) in [5.74, 6) is -3.39. The first-order chi connectivity index (χ1) is 15.3. The summed E-state index contributed by atoms with van der Waals surface area (Å²) in [5.41, 5.74) is 0.337. The number of phenolic OH excluding ortho intramolecular Hbond substituents is 3. The second-order valence-corrected chi connectivity index (χ2v) is 7.47. The summed E-state index contributed by atoms with van der Waals surface area (Å²) in [6, 6.07) is 13.9. The van der Waals surface area contributed by atoms with Crippen molar-refractivity contribution in [2.24, 2.45) is 0 Å². The molecule has 1 aliphatic heterocycles. The minimum absolute atomic E-state index is 0.0171. The summed E-state index contributed by atoms with van der Waals surface area (Å²) in [6.07, 6.45) is -0.0171. The van der Waals surface area contributed by atoms with Crippen LogP contribution in [0.2, 0.25) is 0 Å². The predicted octanol–water partition coefficient (Wildman–Crippen LogP) is 3.72. The second kappa shape index (κ2) is 7.05. The molecule has 1 aliphatic rings. The van der Waals surface area contributed by atoms with Crippen LogP contribution < -0.4 is 10.2 Å². The maximum atomic E-state index is 13.0. The molecule has 3 aromatic carbocycles. The summed E-state index contributed by atoms with van der Waals surface area (Å²) in [7, 11) is 0. The molecule has 0 amide bonds. The van der Waals surface area contributed by atoms with Crippen molar-refractivity contribution in [1.82, 2.24) is 0 Å². The number of aromatic hydroxyl groups is 4. The van der Waals surface area contributed by atoms with Crippen molar-refractivity contribution in [3.05, 3.63) is 75.9 Å². The molecule has 4 N–H and O–H groups in total. The highest BCUT2D eigenvalue weighted by Gasteiger charge is 2.34. The van der Waals surface area contributed by atoms with Gasteiger partial charge in [0.05, 0.1) is 6.42 Å². The Morgan fingerprint density at radius 1 is 0.844 bits per heavy atom. The number of carbonyl (C=O) groups excluding carboxylic acids is 1. The van der Waals surface area contributed by atoms with Gasteiger partial charge in [0.1, 0.15) is 22.5 Å². The average Bonchev–Trinajstić information content (AvgIpc) is 2.77. The summed E-state index contributed by atoms with van der Waals surface area (Å²) in [5, 5.41) is 40.2.